The second-order valence-corrected chi connectivity index (χ2v) is 15.3. The molecule has 1 N–H and O–H groups in total. The minimum Gasteiger partial charge on any atom is -0.493 e. The van der Waals surface area contributed by atoms with Gasteiger partial charge in [0, 0.05) is 11.0 Å². The SMILES string of the molecule is CCCc1ccc(C(=O)Oc2ccc(C(=O)Oc3ccc4c(c3)C(C)(C)c3cc(OC(=O)c5ccc(OC(=O)c6ccc(CCC)cc6)c(OC)c5)ccc3-4)cc2CO)cc1. The maximum Gasteiger partial charge on any atom is 0.343 e. The van der Waals surface area contributed by atoms with Crippen LogP contribution in [0.2, 0.25) is 0 Å². The van der Waals surface area contributed by atoms with E-state index in [2.05, 4.69) is 13.8 Å². The van der Waals surface area contributed by atoms with E-state index < -0.39 is 35.9 Å². The van der Waals surface area contributed by atoms with Crippen LogP contribution in [0.4, 0.5) is 0 Å². The maximum atomic E-state index is 13.4. The second kappa shape index (κ2) is 18.1. The van der Waals surface area contributed by atoms with E-state index in [1.165, 1.54) is 43.5 Å². The van der Waals surface area contributed by atoms with Crippen LogP contribution in [0, 0.1) is 0 Å². The Kier molecular flexibility index (Phi) is 12.5. The Labute approximate surface area is 354 Å². The number of hydrogen-bond acceptors (Lipinski definition) is 10. The Morgan fingerprint density at radius 3 is 1.38 bits per heavy atom. The van der Waals surface area contributed by atoms with E-state index in [1.54, 1.807) is 36.4 Å². The summed E-state index contributed by atoms with van der Waals surface area (Å²) in [5.74, 6) is -1.24. The summed E-state index contributed by atoms with van der Waals surface area (Å²) in [7, 11) is 1.42. The van der Waals surface area contributed by atoms with E-state index in [0.29, 0.717) is 22.6 Å². The van der Waals surface area contributed by atoms with Gasteiger partial charge in [0.15, 0.2) is 11.5 Å². The quantitative estimate of drug-likeness (QED) is 0.0836. The standard InChI is InChI=1S/C51H46O10/c1-6-8-31-10-14-33(15-11-31)47(53)60-44-24-18-35(26-37(44)30-52)49(55)58-38-20-22-40-41-23-21-39(29-43(41)51(3,4)42(40)28-38)59-50(56)36-19-25-45(46(27-36)57-5)61-48(54)34-16-12-32(9-7-2)13-17-34/h10-29,52H,6-9,30H2,1-5H3. The van der Waals surface area contributed by atoms with E-state index in [-0.39, 0.29) is 33.9 Å². The smallest absolute Gasteiger partial charge is 0.343 e. The molecule has 0 heterocycles. The molecule has 0 atom stereocenters. The lowest BCUT2D eigenvalue weighted by Gasteiger charge is -2.22. The zero-order chi connectivity index (χ0) is 43.3. The van der Waals surface area contributed by atoms with E-state index in [1.807, 2.05) is 62.4 Å². The normalized spacial score (nSPS) is 12.2. The fourth-order valence-corrected chi connectivity index (χ4v) is 7.47. The van der Waals surface area contributed by atoms with Crippen molar-refractivity contribution < 1.29 is 48.0 Å². The number of carbonyl (C=O) groups is 4. The summed E-state index contributed by atoms with van der Waals surface area (Å²) in [5.41, 5.74) is 6.80. The molecule has 7 rings (SSSR count). The summed E-state index contributed by atoms with van der Waals surface area (Å²) in [6, 6.07) is 34.2. The van der Waals surface area contributed by atoms with Crippen LogP contribution in [0.1, 0.15) is 110 Å². The molecular weight excluding hydrogens is 773 g/mol. The molecule has 6 aromatic carbocycles. The van der Waals surface area contributed by atoms with Crippen LogP contribution in [-0.2, 0) is 24.9 Å². The topological polar surface area (TPSA) is 135 Å². The van der Waals surface area contributed by atoms with Crippen molar-refractivity contribution in [2.75, 3.05) is 7.11 Å². The molecule has 61 heavy (non-hydrogen) atoms. The number of esters is 4. The molecule has 0 unspecified atom stereocenters. The van der Waals surface area contributed by atoms with Crippen LogP contribution in [0.3, 0.4) is 0 Å². The average molecular weight is 819 g/mol. The number of carbonyl (C=O) groups excluding carboxylic acids is 4. The summed E-state index contributed by atoms with van der Waals surface area (Å²) >= 11 is 0. The van der Waals surface area contributed by atoms with Gasteiger partial charge in [-0.3, -0.25) is 0 Å². The van der Waals surface area contributed by atoms with Crippen molar-refractivity contribution in [2.45, 2.75) is 65.4 Å². The molecule has 0 aromatic heterocycles. The van der Waals surface area contributed by atoms with Gasteiger partial charge in [0.2, 0.25) is 0 Å². The first-order chi connectivity index (χ1) is 29.4. The number of fused-ring (bicyclic) bond motifs is 3. The highest BCUT2D eigenvalue weighted by Crippen LogP contribution is 2.50. The van der Waals surface area contributed by atoms with Crippen molar-refractivity contribution in [3.8, 4) is 39.9 Å². The van der Waals surface area contributed by atoms with E-state index in [4.69, 9.17) is 23.7 Å². The molecule has 6 aromatic rings. The highest BCUT2D eigenvalue weighted by molar-refractivity contribution is 5.95. The zero-order valence-electron chi connectivity index (χ0n) is 34.7. The van der Waals surface area contributed by atoms with Gasteiger partial charge in [-0.1, -0.05) is 76.9 Å². The predicted molar refractivity (Wildman–Crippen MR) is 230 cm³/mol. The first-order valence-electron chi connectivity index (χ1n) is 20.2. The number of benzene rings is 6. The predicted octanol–water partition coefficient (Wildman–Crippen LogP) is 10.3. The molecule has 0 saturated heterocycles. The van der Waals surface area contributed by atoms with Crippen LogP contribution < -0.4 is 23.7 Å². The first kappa shape index (κ1) is 42.1. The molecule has 0 fully saturated rings. The third-order valence-electron chi connectivity index (χ3n) is 10.8. The Morgan fingerprint density at radius 2 is 0.918 bits per heavy atom. The number of aryl methyl sites for hydroxylation is 2. The molecule has 310 valence electrons. The van der Waals surface area contributed by atoms with Crippen LogP contribution in [0.15, 0.2) is 121 Å². The second-order valence-electron chi connectivity index (χ2n) is 15.3. The van der Waals surface area contributed by atoms with Gasteiger partial charge in [0.1, 0.15) is 17.2 Å². The Bertz CT molecular complexity index is 2440. The summed E-state index contributed by atoms with van der Waals surface area (Å²) < 4.78 is 28.3. The molecule has 10 nitrogen and oxygen atoms in total. The van der Waals surface area contributed by atoms with Gasteiger partial charge in [-0.05, 0) is 131 Å². The molecule has 10 heteroatoms. The Morgan fingerprint density at radius 1 is 0.492 bits per heavy atom. The fraction of sp³-hybridized carbons (Fsp3) is 0.216. The van der Waals surface area contributed by atoms with Gasteiger partial charge in [-0.25, -0.2) is 19.2 Å². The third-order valence-corrected chi connectivity index (χ3v) is 10.8. The minimum absolute atomic E-state index is 0.142. The lowest BCUT2D eigenvalue weighted by molar-refractivity contribution is 0.0716. The molecule has 0 aliphatic heterocycles. The summed E-state index contributed by atoms with van der Waals surface area (Å²) in [6.45, 7) is 7.78. The van der Waals surface area contributed by atoms with Crippen molar-refractivity contribution >= 4 is 23.9 Å². The minimum atomic E-state index is -0.651. The monoisotopic (exact) mass is 818 g/mol. The van der Waals surface area contributed by atoms with E-state index in [9.17, 15) is 24.3 Å². The largest absolute Gasteiger partial charge is 0.493 e. The fourth-order valence-electron chi connectivity index (χ4n) is 7.47. The van der Waals surface area contributed by atoms with Gasteiger partial charge in [-0.15, -0.1) is 0 Å². The van der Waals surface area contributed by atoms with Crippen LogP contribution >= 0.6 is 0 Å². The Hall–Kier alpha value is -7.04. The van der Waals surface area contributed by atoms with Crippen molar-refractivity contribution in [3.05, 3.63) is 171 Å². The molecule has 1 aliphatic carbocycles. The lowest BCUT2D eigenvalue weighted by Crippen LogP contribution is -2.16. The molecule has 1 aliphatic rings. The average Bonchev–Trinajstić information content (AvgIpc) is 3.48. The van der Waals surface area contributed by atoms with Crippen LogP contribution in [0.5, 0.6) is 28.7 Å². The van der Waals surface area contributed by atoms with Crippen LogP contribution in [0.25, 0.3) is 11.1 Å². The van der Waals surface area contributed by atoms with E-state index in [0.717, 1.165) is 59.1 Å². The summed E-state index contributed by atoms with van der Waals surface area (Å²) in [6.07, 6.45) is 3.82. The van der Waals surface area contributed by atoms with Gasteiger partial charge < -0.3 is 28.8 Å². The van der Waals surface area contributed by atoms with Gasteiger partial charge in [0.05, 0.1) is 36.0 Å². The number of methoxy groups -OCH3 is 1. The number of hydrogen-bond donors (Lipinski definition) is 1. The van der Waals surface area contributed by atoms with Gasteiger partial charge >= 0.3 is 23.9 Å². The number of ether oxygens (including phenoxy) is 5. The van der Waals surface area contributed by atoms with Gasteiger partial charge in [0.25, 0.3) is 0 Å². The molecular formula is C51H46O10. The zero-order valence-corrected chi connectivity index (χ0v) is 34.7. The highest BCUT2D eigenvalue weighted by Gasteiger charge is 2.36. The van der Waals surface area contributed by atoms with Crippen molar-refractivity contribution in [1.29, 1.82) is 0 Å². The summed E-state index contributed by atoms with van der Waals surface area (Å²) in [5, 5.41) is 10.1. The molecule has 0 spiro atoms. The van der Waals surface area contributed by atoms with Crippen LogP contribution in [-0.4, -0.2) is 36.1 Å². The summed E-state index contributed by atoms with van der Waals surface area (Å²) in [4.78, 5) is 52.5. The van der Waals surface area contributed by atoms with E-state index >= 15 is 0 Å². The van der Waals surface area contributed by atoms with Gasteiger partial charge in [-0.2, -0.15) is 0 Å². The number of aliphatic hydroxyl groups excluding tert-OH is 1. The van der Waals surface area contributed by atoms with Crippen molar-refractivity contribution in [1.82, 2.24) is 0 Å². The van der Waals surface area contributed by atoms with Crippen molar-refractivity contribution in [3.63, 3.8) is 0 Å². The van der Waals surface area contributed by atoms with Crippen molar-refractivity contribution in [2.24, 2.45) is 0 Å². The number of aliphatic hydroxyl groups is 1. The molecule has 0 radical (unpaired) electrons. The lowest BCUT2D eigenvalue weighted by atomic mass is 9.82. The molecule has 0 bridgehead atoms. The highest BCUT2D eigenvalue weighted by atomic mass is 16.6. The third kappa shape index (κ3) is 9.10. The number of rotatable bonds is 14. The Balaban J connectivity index is 1.01. The maximum absolute atomic E-state index is 13.4. The first-order valence-corrected chi connectivity index (χ1v) is 20.2. The molecule has 0 amide bonds. The molecule has 0 saturated carbocycles.